The van der Waals surface area contributed by atoms with Gasteiger partial charge < -0.3 is 14.9 Å². The molecule has 0 saturated heterocycles. The van der Waals surface area contributed by atoms with Gasteiger partial charge in [0.25, 0.3) is 0 Å². The maximum Gasteiger partial charge on any atom is 0.406 e. The molecular formula is C15H34N2O2. The SMILES string of the molecule is CCCCN(CCCC)CCCC.CN(C)C(=O)O. The van der Waals surface area contributed by atoms with Gasteiger partial charge in [-0.3, -0.25) is 0 Å². The van der Waals surface area contributed by atoms with Crippen molar-refractivity contribution in [1.29, 1.82) is 0 Å². The first-order chi connectivity index (χ1) is 8.99. The van der Waals surface area contributed by atoms with E-state index in [1.807, 2.05) is 0 Å². The largest absolute Gasteiger partial charge is 0.465 e. The zero-order valence-electron chi connectivity index (χ0n) is 13.6. The molecule has 0 heterocycles. The van der Waals surface area contributed by atoms with Crippen LogP contribution in [0.5, 0.6) is 0 Å². The summed E-state index contributed by atoms with van der Waals surface area (Å²) in [4.78, 5) is 13.3. The molecule has 116 valence electrons. The summed E-state index contributed by atoms with van der Waals surface area (Å²) >= 11 is 0. The van der Waals surface area contributed by atoms with Crippen LogP contribution >= 0.6 is 0 Å². The van der Waals surface area contributed by atoms with Crippen LogP contribution in [0.1, 0.15) is 59.3 Å². The van der Waals surface area contributed by atoms with Gasteiger partial charge in [-0.15, -0.1) is 0 Å². The molecule has 1 amide bonds. The van der Waals surface area contributed by atoms with Gasteiger partial charge in [-0.05, 0) is 38.9 Å². The second-order valence-electron chi connectivity index (χ2n) is 5.08. The zero-order valence-corrected chi connectivity index (χ0v) is 13.6. The van der Waals surface area contributed by atoms with Crippen molar-refractivity contribution >= 4 is 6.09 Å². The van der Waals surface area contributed by atoms with Crippen LogP contribution < -0.4 is 0 Å². The average Bonchev–Trinajstić information content (AvgIpc) is 2.38. The Kier molecular flexibility index (Phi) is 16.5. The van der Waals surface area contributed by atoms with Crippen molar-refractivity contribution in [3.05, 3.63) is 0 Å². The van der Waals surface area contributed by atoms with E-state index in [1.54, 1.807) is 0 Å². The molecule has 0 unspecified atom stereocenters. The molecule has 1 N–H and O–H groups in total. The highest BCUT2D eigenvalue weighted by Crippen LogP contribution is 2.01. The fourth-order valence-electron chi connectivity index (χ4n) is 1.48. The van der Waals surface area contributed by atoms with E-state index in [0.717, 1.165) is 4.90 Å². The van der Waals surface area contributed by atoms with E-state index in [1.165, 1.54) is 72.3 Å². The molecule has 0 bridgehead atoms. The molecule has 0 fully saturated rings. The summed E-state index contributed by atoms with van der Waals surface area (Å²) in [6.45, 7) is 10.8. The quantitative estimate of drug-likeness (QED) is 0.693. The van der Waals surface area contributed by atoms with Crippen LogP contribution in [0, 0.1) is 0 Å². The highest BCUT2D eigenvalue weighted by molar-refractivity contribution is 5.63. The summed E-state index contributed by atoms with van der Waals surface area (Å²) in [7, 11) is 2.95. The maximum atomic E-state index is 9.62. The lowest BCUT2D eigenvalue weighted by Gasteiger charge is -2.21. The predicted molar refractivity (Wildman–Crippen MR) is 82.9 cm³/mol. The van der Waals surface area contributed by atoms with Gasteiger partial charge in [-0.25, -0.2) is 4.79 Å². The first-order valence-electron chi connectivity index (χ1n) is 7.62. The molecule has 0 atom stereocenters. The number of rotatable bonds is 9. The van der Waals surface area contributed by atoms with Gasteiger partial charge in [-0.2, -0.15) is 0 Å². The van der Waals surface area contributed by atoms with Crippen molar-refractivity contribution in [2.75, 3.05) is 33.7 Å². The van der Waals surface area contributed by atoms with E-state index in [-0.39, 0.29) is 0 Å². The molecule has 0 aliphatic carbocycles. The Hall–Kier alpha value is -0.770. The van der Waals surface area contributed by atoms with Crippen molar-refractivity contribution in [3.8, 4) is 0 Å². The fraction of sp³-hybridized carbons (Fsp3) is 0.933. The Balaban J connectivity index is 0. The first kappa shape index (κ1) is 20.5. The molecule has 0 aromatic rings. The number of hydrogen-bond donors (Lipinski definition) is 1. The number of nitrogens with zero attached hydrogens (tertiary/aromatic N) is 2. The highest BCUT2D eigenvalue weighted by atomic mass is 16.4. The molecule has 0 aliphatic heterocycles. The van der Waals surface area contributed by atoms with E-state index < -0.39 is 6.09 Å². The number of carbonyl (C=O) groups is 1. The van der Waals surface area contributed by atoms with Crippen LogP contribution in [0.4, 0.5) is 4.79 Å². The molecule has 0 radical (unpaired) electrons. The number of carboxylic acid groups (broad SMARTS) is 1. The van der Waals surface area contributed by atoms with Crippen LogP contribution in [0.3, 0.4) is 0 Å². The van der Waals surface area contributed by atoms with Crippen LogP contribution in [-0.2, 0) is 0 Å². The number of amides is 1. The van der Waals surface area contributed by atoms with Gasteiger partial charge in [0.2, 0.25) is 0 Å². The monoisotopic (exact) mass is 274 g/mol. The van der Waals surface area contributed by atoms with E-state index in [0.29, 0.717) is 0 Å². The molecule has 0 aromatic carbocycles. The summed E-state index contributed by atoms with van der Waals surface area (Å²) < 4.78 is 0. The molecular weight excluding hydrogens is 240 g/mol. The normalized spacial score (nSPS) is 10.0. The van der Waals surface area contributed by atoms with Gasteiger partial charge in [0.1, 0.15) is 0 Å². The summed E-state index contributed by atoms with van der Waals surface area (Å²) in [5, 5.41) is 7.92. The Morgan fingerprint density at radius 2 is 1.11 bits per heavy atom. The molecule has 4 nitrogen and oxygen atoms in total. The smallest absolute Gasteiger partial charge is 0.406 e. The lowest BCUT2D eigenvalue weighted by atomic mass is 10.2. The Labute approximate surface area is 119 Å². The van der Waals surface area contributed by atoms with Gasteiger partial charge in [-0.1, -0.05) is 40.0 Å². The third-order valence-electron chi connectivity index (χ3n) is 2.87. The second-order valence-corrected chi connectivity index (χ2v) is 5.08. The van der Waals surface area contributed by atoms with E-state index in [9.17, 15) is 4.79 Å². The fourth-order valence-corrected chi connectivity index (χ4v) is 1.48. The third-order valence-corrected chi connectivity index (χ3v) is 2.87. The van der Waals surface area contributed by atoms with Crippen LogP contribution in [0.25, 0.3) is 0 Å². The molecule has 0 spiro atoms. The van der Waals surface area contributed by atoms with Crippen molar-refractivity contribution in [3.63, 3.8) is 0 Å². The van der Waals surface area contributed by atoms with Crippen molar-refractivity contribution < 1.29 is 9.90 Å². The standard InChI is InChI=1S/C12H27N.C3H7NO2/c1-4-7-10-13(11-8-5-2)12-9-6-3;1-4(2)3(5)6/h4-12H2,1-3H3;1-2H3,(H,5,6). The van der Waals surface area contributed by atoms with E-state index >= 15 is 0 Å². The summed E-state index contributed by atoms with van der Waals surface area (Å²) in [6.07, 6.45) is 7.18. The minimum absolute atomic E-state index is 0.907. The van der Waals surface area contributed by atoms with E-state index in [4.69, 9.17) is 5.11 Å². The van der Waals surface area contributed by atoms with Crippen LogP contribution in [0.15, 0.2) is 0 Å². The maximum absolute atomic E-state index is 9.62. The molecule has 0 aliphatic rings. The third kappa shape index (κ3) is 17.2. The minimum atomic E-state index is -0.907. The Morgan fingerprint density at radius 1 is 0.842 bits per heavy atom. The van der Waals surface area contributed by atoms with Crippen molar-refractivity contribution in [2.24, 2.45) is 0 Å². The number of unbranched alkanes of at least 4 members (excludes halogenated alkanes) is 3. The van der Waals surface area contributed by atoms with Crippen LogP contribution in [0.2, 0.25) is 0 Å². The summed E-state index contributed by atoms with van der Waals surface area (Å²) in [5.74, 6) is 0. The predicted octanol–water partition coefficient (Wildman–Crippen LogP) is 3.91. The van der Waals surface area contributed by atoms with Gasteiger partial charge in [0, 0.05) is 14.1 Å². The van der Waals surface area contributed by atoms with Gasteiger partial charge in [0.05, 0.1) is 0 Å². The van der Waals surface area contributed by atoms with Crippen molar-refractivity contribution in [2.45, 2.75) is 59.3 Å². The molecule has 0 rings (SSSR count). The minimum Gasteiger partial charge on any atom is -0.465 e. The first-order valence-corrected chi connectivity index (χ1v) is 7.62. The van der Waals surface area contributed by atoms with Crippen molar-refractivity contribution in [1.82, 2.24) is 9.80 Å². The van der Waals surface area contributed by atoms with E-state index in [2.05, 4.69) is 25.7 Å². The topological polar surface area (TPSA) is 43.8 Å². The molecule has 0 aromatic heterocycles. The van der Waals surface area contributed by atoms with Gasteiger partial charge in [0.15, 0.2) is 0 Å². The van der Waals surface area contributed by atoms with Crippen LogP contribution in [-0.4, -0.2) is 54.7 Å². The lowest BCUT2D eigenvalue weighted by molar-refractivity contribution is 0.165. The Morgan fingerprint density at radius 3 is 1.26 bits per heavy atom. The zero-order chi connectivity index (χ0) is 15.1. The number of hydrogen-bond acceptors (Lipinski definition) is 2. The lowest BCUT2D eigenvalue weighted by Crippen LogP contribution is -2.27. The average molecular weight is 274 g/mol. The summed E-state index contributed by atoms with van der Waals surface area (Å²) in [6, 6.07) is 0. The summed E-state index contributed by atoms with van der Waals surface area (Å²) in [5.41, 5.74) is 0. The molecule has 19 heavy (non-hydrogen) atoms. The molecule has 4 heteroatoms. The second kappa shape index (κ2) is 15.3. The van der Waals surface area contributed by atoms with Gasteiger partial charge >= 0.3 is 6.09 Å². The molecule has 0 saturated carbocycles. The Bertz CT molecular complexity index is 178. The highest BCUT2D eigenvalue weighted by Gasteiger charge is 2.01.